The van der Waals surface area contributed by atoms with Crippen molar-refractivity contribution in [2.75, 3.05) is 18.7 Å². The molecule has 0 spiro atoms. The van der Waals surface area contributed by atoms with E-state index in [1.54, 1.807) is 66.3 Å². The van der Waals surface area contributed by atoms with E-state index >= 15 is 0 Å². The highest BCUT2D eigenvalue weighted by molar-refractivity contribution is 5.88. The van der Waals surface area contributed by atoms with E-state index in [1.165, 1.54) is 13.3 Å². The van der Waals surface area contributed by atoms with Crippen LogP contribution in [-0.2, 0) is 33.7 Å². The number of rotatable bonds is 9. The lowest BCUT2D eigenvalue weighted by Gasteiger charge is -2.14. The fourth-order valence-electron chi connectivity index (χ4n) is 3.78. The van der Waals surface area contributed by atoms with Crippen molar-refractivity contribution in [1.29, 1.82) is 0 Å². The van der Waals surface area contributed by atoms with Gasteiger partial charge in [0, 0.05) is 18.3 Å². The number of aromatic nitrogens is 4. The van der Waals surface area contributed by atoms with Gasteiger partial charge in [0.25, 0.3) is 0 Å². The van der Waals surface area contributed by atoms with Gasteiger partial charge in [0.1, 0.15) is 0 Å². The number of amides is 2. The number of anilines is 1. The van der Waals surface area contributed by atoms with Gasteiger partial charge in [-0.1, -0.05) is 47.1 Å². The van der Waals surface area contributed by atoms with Crippen LogP contribution in [-0.4, -0.2) is 51.8 Å². The Labute approximate surface area is 267 Å². The highest BCUT2D eigenvalue weighted by Gasteiger charge is 2.40. The normalized spacial score (nSPS) is 12.8. The third-order valence-corrected chi connectivity index (χ3v) is 6.01. The number of hydrogen-bond donors (Lipinski definition) is 3. The van der Waals surface area contributed by atoms with Crippen molar-refractivity contribution in [2.45, 2.75) is 32.4 Å². The van der Waals surface area contributed by atoms with Gasteiger partial charge in [-0.2, -0.15) is 36.4 Å². The Kier molecular flexibility index (Phi) is 11.2. The number of carbonyl (C=O) groups excluding carboxylic acids is 2. The van der Waals surface area contributed by atoms with Crippen molar-refractivity contribution in [1.82, 2.24) is 36.3 Å². The molecule has 2 aromatic carbocycles. The molecule has 0 unspecified atom stereocenters. The van der Waals surface area contributed by atoms with Crippen LogP contribution in [0.5, 0.6) is 0 Å². The average Bonchev–Trinajstić information content (AvgIpc) is 3.83. The number of esters is 1. The predicted octanol–water partition coefficient (Wildman–Crippen LogP) is 4.88. The van der Waals surface area contributed by atoms with Gasteiger partial charge >= 0.3 is 30.2 Å². The molecule has 0 aliphatic carbocycles. The molecule has 2 aromatic heterocycles. The van der Waals surface area contributed by atoms with Crippen molar-refractivity contribution in [3.8, 4) is 11.4 Å². The highest BCUT2D eigenvalue weighted by Crippen LogP contribution is 2.31. The van der Waals surface area contributed by atoms with E-state index in [0.29, 0.717) is 23.4 Å². The summed E-state index contributed by atoms with van der Waals surface area (Å²) in [5, 5.41) is 11.0. The number of alkyl halides is 6. The van der Waals surface area contributed by atoms with Gasteiger partial charge in [-0.15, -0.1) is 0 Å². The summed E-state index contributed by atoms with van der Waals surface area (Å²) >= 11 is 0. The molecule has 4 aromatic rings. The zero-order valence-corrected chi connectivity index (χ0v) is 24.9. The van der Waals surface area contributed by atoms with Gasteiger partial charge in [-0.3, -0.25) is 9.52 Å². The largest absolute Gasteiger partial charge is 0.471 e. The second-order valence-electron chi connectivity index (χ2n) is 9.47. The molecule has 1 aliphatic heterocycles. The molecule has 3 heterocycles. The van der Waals surface area contributed by atoms with Crippen LogP contribution in [0.3, 0.4) is 0 Å². The van der Waals surface area contributed by atoms with Crippen LogP contribution in [0.1, 0.15) is 34.3 Å². The Bertz CT molecular complexity index is 1700. The Morgan fingerprint density at radius 1 is 0.979 bits per heavy atom. The molecule has 3 N–H and O–H groups in total. The lowest BCUT2D eigenvalue weighted by atomic mass is 10.1. The standard InChI is InChI=1S/C16H13F3N4O3.C12H13F3N4O3/c1-2-25-14(24)12-7-20-23(9-12)8-10-3-5-11(6-4-10)13-21-15(26-22-13)16(17,18)19;1-21-17-11(20)16-6-8-2-4-9(5-3-8)19-7-10(22-18-19)12(13,14)15/h3-7,9H,2,8H2,1H3;2-5,7,18H,6H2,1H3,(H2,16,17,20). The maximum Gasteiger partial charge on any atom is 0.471 e. The van der Waals surface area contributed by atoms with Crippen LogP contribution in [0.4, 0.5) is 36.8 Å². The van der Waals surface area contributed by atoms with E-state index in [1.807, 2.05) is 0 Å². The number of halogens is 6. The van der Waals surface area contributed by atoms with Crippen LogP contribution < -0.4 is 21.4 Å². The molecular formula is C28H26F6N8O6. The minimum atomic E-state index is -4.68. The summed E-state index contributed by atoms with van der Waals surface area (Å²) in [5.74, 6) is -3.12. The van der Waals surface area contributed by atoms with Gasteiger partial charge in [0.2, 0.25) is 11.6 Å². The third kappa shape index (κ3) is 9.69. The zero-order valence-electron chi connectivity index (χ0n) is 24.9. The Morgan fingerprint density at radius 3 is 2.25 bits per heavy atom. The van der Waals surface area contributed by atoms with E-state index in [-0.39, 0.29) is 19.0 Å². The fraction of sp³-hybridized carbons (Fsp3) is 0.250. The van der Waals surface area contributed by atoms with Gasteiger partial charge in [-0.05, 0) is 30.2 Å². The SMILES string of the molecule is CCOC(=O)c1cnn(Cc2ccc(-c3noc(C(F)(F)F)n3)cc2)c1.CONC(=O)NCc1ccc(N2C=C(C(F)(F)F)ON2)cc1. The number of benzene rings is 2. The van der Waals surface area contributed by atoms with Crippen molar-refractivity contribution < 1.29 is 54.9 Å². The van der Waals surface area contributed by atoms with E-state index < -0.39 is 36.0 Å². The molecule has 0 saturated carbocycles. The van der Waals surface area contributed by atoms with Crippen molar-refractivity contribution in [3.05, 3.63) is 95.5 Å². The summed E-state index contributed by atoms with van der Waals surface area (Å²) in [6.45, 7) is 2.60. The third-order valence-electron chi connectivity index (χ3n) is 6.01. The summed E-state index contributed by atoms with van der Waals surface area (Å²) in [4.78, 5) is 34.8. The smallest absolute Gasteiger partial charge is 0.462 e. The highest BCUT2D eigenvalue weighted by atomic mass is 19.4. The number of nitrogens with one attached hydrogen (secondary N) is 3. The van der Waals surface area contributed by atoms with Gasteiger partial charge in [0.05, 0.1) is 43.9 Å². The molecule has 0 bridgehead atoms. The summed E-state index contributed by atoms with van der Waals surface area (Å²) in [6.07, 6.45) is -5.47. The fourth-order valence-corrected chi connectivity index (χ4v) is 3.78. The molecule has 1 aliphatic rings. The molecule has 14 nitrogen and oxygen atoms in total. The lowest BCUT2D eigenvalue weighted by molar-refractivity contribution is -0.159. The lowest BCUT2D eigenvalue weighted by Crippen LogP contribution is -2.34. The van der Waals surface area contributed by atoms with E-state index in [0.717, 1.165) is 22.3 Å². The average molecular weight is 685 g/mol. The van der Waals surface area contributed by atoms with Gasteiger partial charge in [-0.25, -0.2) is 20.1 Å². The van der Waals surface area contributed by atoms with Crippen LogP contribution in [0.25, 0.3) is 11.4 Å². The predicted molar refractivity (Wildman–Crippen MR) is 152 cm³/mol. The molecular weight excluding hydrogens is 658 g/mol. The number of hydrazine groups is 1. The van der Waals surface area contributed by atoms with Crippen LogP contribution in [0.15, 0.2) is 77.4 Å². The van der Waals surface area contributed by atoms with Crippen molar-refractivity contribution in [3.63, 3.8) is 0 Å². The first-order valence-electron chi connectivity index (χ1n) is 13.6. The van der Waals surface area contributed by atoms with Crippen LogP contribution in [0, 0.1) is 0 Å². The summed E-state index contributed by atoms with van der Waals surface area (Å²) in [6, 6.07) is 12.5. The van der Waals surface area contributed by atoms with Crippen LogP contribution >= 0.6 is 0 Å². The monoisotopic (exact) mass is 684 g/mol. The second-order valence-corrected chi connectivity index (χ2v) is 9.47. The topological polar surface area (TPSA) is 158 Å². The van der Waals surface area contributed by atoms with Crippen LogP contribution in [0.2, 0.25) is 0 Å². The Hall–Kier alpha value is -5.63. The first-order valence-corrected chi connectivity index (χ1v) is 13.6. The maximum atomic E-state index is 12.5. The first kappa shape index (κ1) is 35.2. The molecule has 256 valence electrons. The number of nitrogens with zero attached hydrogens (tertiary/aromatic N) is 5. The first-order chi connectivity index (χ1) is 22.8. The molecule has 0 atom stereocenters. The van der Waals surface area contributed by atoms with E-state index in [4.69, 9.17) is 4.74 Å². The molecule has 48 heavy (non-hydrogen) atoms. The Balaban J connectivity index is 0.000000220. The second kappa shape index (κ2) is 15.3. The maximum absolute atomic E-state index is 12.5. The number of ether oxygens (including phenoxy) is 1. The van der Waals surface area contributed by atoms with Gasteiger partial charge < -0.3 is 19.4 Å². The number of allylic oxidation sites excluding steroid dienone is 1. The van der Waals surface area contributed by atoms with E-state index in [2.05, 4.69) is 45.8 Å². The number of hydrogen-bond acceptors (Lipinski definition) is 11. The number of carbonyl (C=O) groups is 2. The number of urea groups is 1. The van der Waals surface area contributed by atoms with Gasteiger partial charge in [0.15, 0.2) is 0 Å². The summed E-state index contributed by atoms with van der Waals surface area (Å²) < 4.78 is 85.4. The molecule has 2 amide bonds. The van der Waals surface area contributed by atoms with Crippen molar-refractivity contribution >= 4 is 17.7 Å². The minimum absolute atomic E-state index is 0.146. The number of hydroxylamine groups is 1. The van der Waals surface area contributed by atoms with Crippen molar-refractivity contribution in [2.24, 2.45) is 0 Å². The minimum Gasteiger partial charge on any atom is -0.462 e. The summed E-state index contributed by atoms with van der Waals surface area (Å²) in [7, 11) is 1.31. The zero-order chi connectivity index (χ0) is 34.9. The molecule has 0 saturated heterocycles. The molecule has 0 fully saturated rings. The molecule has 0 radical (unpaired) electrons. The molecule has 5 rings (SSSR count). The molecule has 20 heteroatoms. The Morgan fingerprint density at radius 2 is 1.67 bits per heavy atom. The van der Waals surface area contributed by atoms with E-state index in [9.17, 15) is 35.9 Å². The summed E-state index contributed by atoms with van der Waals surface area (Å²) in [5.41, 5.74) is 7.00. The quantitative estimate of drug-likeness (QED) is 0.125.